The van der Waals surface area contributed by atoms with E-state index in [2.05, 4.69) is 9.97 Å². The van der Waals surface area contributed by atoms with Gasteiger partial charge >= 0.3 is 0 Å². The first-order valence-corrected chi connectivity index (χ1v) is 12.2. The summed E-state index contributed by atoms with van der Waals surface area (Å²) in [6.07, 6.45) is 3.68. The fraction of sp³-hybridized carbons (Fsp3) is 0.136. The van der Waals surface area contributed by atoms with Crippen LogP contribution < -0.4 is 10.3 Å². The van der Waals surface area contributed by atoms with Gasteiger partial charge in [-0.05, 0) is 30.5 Å². The number of rotatable bonds is 6. The molecule has 0 aliphatic rings. The number of H-pyrrole nitrogens is 1. The van der Waals surface area contributed by atoms with Crippen molar-refractivity contribution in [1.82, 2.24) is 19.5 Å². The van der Waals surface area contributed by atoms with E-state index in [4.69, 9.17) is 9.72 Å². The minimum atomic E-state index is -0.103. The largest absolute Gasteiger partial charge is 0.497 e. The molecule has 0 saturated heterocycles. The minimum Gasteiger partial charge on any atom is -0.497 e. The van der Waals surface area contributed by atoms with Crippen LogP contribution in [0.15, 0.2) is 69.5 Å². The van der Waals surface area contributed by atoms with Gasteiger partial charge in [0.05, 0.1) is 23.4 Å². The summed E-state index contributed by atoms with van der Waals surface area (Å²) in [4.78, 5) is 27.0. The maximum absolute atomic E-state index is 12.9. The van der Waals surface area contributed by atoms with Crippen LogP contribution in [0.5, 0.6) is 5.75 Å². The number of aromatic nitrogens is 4. The molecule has 0 radical (unpaired) electrons. The molecule has 0 aliphatic carbocycles. The van der Waals surface area contributed by atoms with E-state index < -0.39 is 0 Å². The predicted octanol–water partition coefficient (Wildman–Crippen LogP) is 5.76. The summed E-state index contributed by atoms with van der Waals surface area (Å²) >= 11 is 4.67. The second-order valence-electron chi connectivity index (χ2n) is 6.80. The van der Waals surface area contributed by atoms with E-state index in [0.29, 0.717) is 11.2 Å². The standard InChI is InChI=1S/C22H18N4O2S3/c1-13(31-22-23-8-9-26(22)14-5-3-6-15(11-14)28-2)19-24-20(27)18-16(12-30-21(18)25-19)17-7-4-10-29-17/h3-13H,1-2H3,(H,24,25,27). The average Bonchev–Trinajstić information content (AvgIpc) is 3.54. The number of benzene rings is 1. The lowest BCUT2D eigenvalue weighted by molar-refractivity contribution is 0.414. The number of nitrogens with zero attached hydrogens (tertiary/aromatic N) is 3. The summed E-state index contributed by atoms with van der Waals surface area (Å²) < 4.78 is 7.34. The molecule has 1 unspecified atom stereocenters. The summed E-state index contributed by atoms with van der Waals surface area (Å²) in [5, 5.41) is 5.41. The van der Waals surface area contributed by atoms with Crippen LogP contribution in [0.4, 0.5) is 0 Å². The van der Waals surface area contributed by atoms with Crippen LogP contribution >= 0.6 is 34.4 Å². The van der Waals surface area contributed by atoms with Crippen molar-refractivity contribution in [2.45, 2.75) is 17.3 Å². The molecule has 0 aliphatic heterocycles. The molecular formula is C22H18N4O2S3. The van der Waals surface area contributed by atoms with Crippen LogP contribution in [0.25, 0.3) is 26.3 Å². The minimum absolute atomic E-state index is 0.0869. The number of thiophene rings is 2. The van der Waals surface area contributed by atoms with Gasteiger partial charge in [-0.2, -0.15) is 0 Å². The molecule has 4 aromatic heterocycles. The summed E-state index contributed by atoms with van der Waals surface area (Å²) in [5.74, 6) is 1.42. The van der Waals surface area contributed by atoms with Crippen LogP contribution in [0.1, 0.15) is 18.0 Å². The Hall–Kier alpha value is -2.88. The van der Waals surface area contributed by atoms with E-state index in [1.807, 2.05) is 64.8 Å². The molecule has 9 heteroatoms. The second kappa shape index (κ2) is 8.33. The first kappa shape index (κ1) is 20.0. The Labute approximate surface area is 190 Å². The molecule has 0 bridgehead atoms. The molecule has 5 aromatic rings. The third-order valence-corrected chi connectivity index (χ3v) is 7.72. The van der Waals surface area contributed by atoms with Crippen molar-refractivity contribution < 1.29 is 4.74 Å². The normalized spacial score (nSPS) is 12.3. The van der Waals surface area contributed by atoms with Gasteiger partial charge in [0.1, 0.15) is 16.4 Å². The van der Waals surface area contributed by atoms with Crippen molar-refractivity contribution in [1.29, 1.82) is 0 Å². The zero-order valence-corrected chi connectivity index (χ0v) is 19.2. The van der Waals surface area contributed by atoms with E-state index in [-0.39, 0.29) is 10.8 Å². The molecule has 4 heterocycles. The van der Waals surface area contributed by atoms with Gasteiger partial charge in [-0.25, -0.2) is 9.97 Å². The lowest BCUT2D eigenvalue weighted by Crippen LogP contribution is -2.12. The van der Waals surface area contributed by atoms with Crippen molar-refractivity contribution in [3.8, 4) is 21.9 Å². The molecule has 5 rings (SSSR count). The third kappa shape index (κ3) is 3.80. The van der Waals surface area contributed by atoms with Crippen molar-refractivity contribution in [2.75, 3.05) is 7.11 Å². The zero-order chi connectivity index (χ0) is 21.4. The lowest BCUT2D eigenvalue weighted by Gasteiger charge is -2.13. The van der Waals surface area contributed by atoms with E-state index in [1.54, 1.807) is 36.4 Å². The molecule has 1 aromatic carbocycles. The molecule has 0 saturated carbocycles. The van der Waals surface area contributed by atoms with E-state index in [1.165, 1.54) is 11.3 Å². The highest BCUT2D eigenvalue weighted by Gasteiger charge is 2.19. The fourth-order valence-corrected chi connectivity index (χ4v) is 6.03. The summed E-state index contributed by atoms with van der Waals surface area (Å²) in [6, 6.07) is 11.8. The number of thioether (sulfide) groups is 1. The maximum Gasteiger partial charge on any atom is 0.260 e. The molecule has 1 atom stereocenters. The highest BCUT2D eigenvalue weighted by molar-refractivity contribution is 7.99. The summed E-state index contributed by atoms with van der Waals surface area (Å²) in [7, 11) is 1.65. The number of ether oxygens (including phenoxy) is 1. The average molecular weight is 467 g/mol. The van der Waals surface area contributed by atoms with E-state index in [0.717, 1.165) is 31.9 Å². The first-order valence-electron chi connectivity index (χ1n) is 9.54. The Balaban J connectivity index is 1.46. The molecule has 31 heavy (non-hydrogen) atoms. The molecule has 156 valence electrons. The van der Waals surface area contributed by atoms with Crippen LogP contribution in [0.2, 0.25) is 0 Å². The number of methoxy groups -OCH3 is 1. The molecule has 6 nitrogen and oxygen atoms in total. The monoisotopic (exact) mass is 466 g/mol. The van der Waals surface area contributed by atoms with Crippen molar-refractivity contribution in [3.63, 3.8) is 0 Å². The van der Waals surface area contributed by atoms with E-state index >= 15 is 0 Å². The number of imidazole rings is 1. The second-order valence-corrected chi connectivity index (χ2v) is 9.91. The predicted molar refractivity (Wildman–Crippen MR) is 128 cm³/mol. The number of fused-ring (bicyclic) bond motifs is 1. The highest BCUT2D eigenvalue weighted by atomic mass is 32.2. The van der Waals surface area contributed by atoms with Gasteiger partial charge < -0.3 is 9.72 Å². The molecule has 0 fully saturated rings. The van der Waals surface area contributed by atoms with Crippen LogP contribution in [0.3, 0.4) is 0 Å². The Kier molecular flexibility index (Phi) is 5.39. The third-order valence-electron chi connectivity index (χ3n) is 4.85. The smallest absolute Gasteiger partial charge is 0.260 e. The topological polar surface area (TPSA) is 72.8 Å². The van der Waals surface area contributed by atoms with Crippen LogP contribution in [-0.4, -0.2) is 26.6 Å². The summed E-state index contributed by atoms with van der Waals surface area (Å²) in [5.41, 5.74) is 1.81. The van der Waals surface area contributed by atoms with Gasteiger partial charge in [-0.15, -0.1) is 22.7 Å². The Morgan fingerprint density at radius 2 is 2.13 bits per heavy atom. The maximum atomic E-state index is 12.9. The van der Waals surface area contributed by atoms with Gasteiger partial charge in [0.2, 0.25) is 0 Å². The summed E-state index contributed by atoms with van der Waals surface area (Å²) in [6.45, 7) is 2.02. The Morgan fingerprint density at radius 1 is 1.23 bits per heavy atom. The number of nitrogens with one attached hydrogen (secondary N) is 1. The van der Waals surface area contributed by atoms with Gasteiger partial charge in [0, 0.05) is 34.3 Å². The van der Waals surface area contributed by atoms with Crippen molar-refractivity contribution in [3.05, 3.63) is 75.7 Å². The number of aromatic amines is 1. The molecular weight excluding hydrogens is 448 g/mol. The Morgan fingerprint density at radius 3 is 2.94 bits per heavy atom. The van der Waals surface area contributed by atoms with Gasteiger partial charge in [0.15, 0.2) is 5.16 Å². The van der Waals surface area contributed by atoms with Crippen molar-refractivity contribution >= 4 is 44.7 Å². The molecule has 0 spiro atoms. The van der Waals surface area contributed by atoms with Crippen LogP contribution in [-0.2, 0) is 0 Å². The van der Waals surface area contributed by atoms with Crippen molar-refractivity contribution in [2.24, 2.45) is 0 Å². The first-order chi connectivity index (χ1) is 15.1. The zero-order valence-electron chi connectivity index (χ0n) is 16.7. The Bertz CT molecular complexity index is 1400. The van der Waals surface area contributed by atoms with Gasteiger partial charge in [-0.1, -0.05) is 23.9 Å². The fourth-order valence-electron chi connectivity index (χ4n) is 3.32. The van der Waals surface area contributed by atoms with Gasteiger partial charge in [-0.3, -0.25) is 9.36 Å². The lowest BCUT2D eigenvalue weighted by atomic mass is 10.2. The molecule has 0 amide bonds. The highest BCUT2D eigenvalue weighted by Crippen LogP contribution is 2.36. The number of hydrogen-bond acceptors (Lipinski definition) is 7. The molecule has 1 N–H and O–H groups in total. The number of hydrogen-bond donors (Lipinski definition) is 1. The van der Waals surface area contributed by atoms with Crippen LogP contribution in [0, 0.1) is 0 Å². The van der Waals surface area contributed by atoms with E-state index in [9.17, 15) is 4.79 Å². The SMILES string of the molecule is COc1cccc(-n2ccnc2SC(C)c2nc3scc(-c4cccs4)c3c(=O)[nH]2)c1. The van der Waals surface area contributed by atoms with Gasteiger partial charge in [0.25, 0.3) is 5.56 Å². The quantitative estimate of drug-likeness (QED) is 0.322.